The van der Waals surface area contributed by atoms with E-state index in [1.807, 2.05) is 18.7 Å². The first-order chi connectivity index (χ1) is 9.90. The van der Waals surface area contributed by atoms with Crippen LogP contribution in [0.25, 0.3) is 0 Å². The average molecular weight is 317 g/mol. The van der Waals surface area contributed by atoms with E-state index in [-0.39, 0.29) is 6.04 Å². The van der Waals surface area contributed by atoms with E-state index in [2.05, 4.69) is 12.2 Å². The third-order valence-electron chi connectivity index (χ3n) is 3.99. The van der Waals surface area contributed by atoms with E-state index in [0.29, 0.717) is 16.9 Å². The Morgan fingerprint density at radius 1 is 1.33 bits per heavy atom. The number of benzene rings is 1. The Balaban J connectivity index is 1.96. The fraction of sp³-hybridized carbons (Fsp3) is 0.625. The fourth-order valence-corrected chi connectivity index (χ4v) is 4.06. The van der Waals surface area contributed by atoms with E-state index in [1.165, 1.54) is 18.6 Å². The molecule has 1 N–H and O–H groups in total. The molecule has 21 heavy (non-hydrogen) atoms. The Morgan fingerprint density at radius 3 is 2.76 bits per heavy atom. The zero-order chi connectivity index (χ0) is 15.5. The van der Waals surface area contributed by atoms with Gasteiger partial charge in [0.25, 0.3) is 0 Å². The van der Waals surface area contributed by atoms with Gasteiger partial charge in [-0.1, -0.05) is 19.1 Å². The number of rotatable bonds is 5. The largest absolute Gasteiger partial charge is 0.416 e. The lowest BCUT2D eigenvalue weighted by Crippen LogP contribution is -2.29. The molecule has 1 fully saturated rings. The molecule has 0 bridgehead atoms. The SMILES string of the molecule is CCSC1CCC(NC(C)c2cccc(C(F)(F)F)c2)C1. The van der Waals surface area contributed by atoms with Crippen molar-refractivity contribution >= 4 is 11.8 Å². The highest BCUT2D eigenvalue weighted by molar-refractivity contribution is 7.99. The molecule has 1 aromatic rings. The monoisotopic (exact) mass is 317 g/mol. The zero-order valence-electron chi connectivity index (χ0n) is 12.4. The standard InChI is InChI=1S/C16H22F3NS/c1-3-21-15-8-7-14(10-15)20-11(2)12-5-4-6-13(9-12)16(17,18)19/h4-6,9,11,14-15,20H,3,7-8,10H2,1-2H3. The van der Waals surface area contributed by atoms with Crippen LogP contribution < -0.4 is 5.32 Å². The minimum Gasteiger partial charge on any atom is -0.307 e. The van der Waals surface area contributed by atoms with E-state index in [9.17, 15) is 13.2 Å². The quantitative estimate of drug-likeness (QED) is 0.817. The molecule has 1 nitrogen and oxygen atoms in total. The highest BCUT2D eigenvalue weighted by atomic mass is 32.2. The number of hydrogen-bond acceptors (Lipinski definition) is 2. The van der Waals surface area contributed by atoms with E-state index < -0.39 is 11.7 Å². The molecular weight excluding hydrogens is 295 g/mol. The third kappa shape index (κ3) is 4.65. The van der Waals surface area contributed by atoms with Crippen LogP contribution in [-0.2, 0) is 6.18 Å². The molecule has 1 aliphatic carbocycles. The molecule has 118 valence electrons. The second-order valence-corrected chi connectivity index (χ2v) is 7.18. The first-order valence-corrected chi connectivity index (χ1v) is 8.49. The molecule has 0 saturated heterocycles. The van der Waals surface area contributed by atoms with Crippen LogP contribution in [0.5, 0.6) is 0 Å². The molecule has 1 aromatic carbocycles. The molecule has 0 heterocycles. The van der Waals surface area contributed by atoms with Crippen LogP contribution >= 0.6 is 11.8 Å². The van der Waals surface area contributed by atoms with Gasteiger partial charge in [-0.25, -0.2) is 0 Å². The molecule has 0 aliphatic heterocycles. The van der Waals surface area contributed by atoms with Crippen molar-refractivity contribution in [2.75, 3.05) is 5.75 Å². The smallest absolute Gasteiger partial charge is 0.307 e. The van der Waals surface area contributed by atoms with Gasteiger partial charge in [0.15, 0.2) is 0 Å². The summed E-state index contributed by atoms with van der Waals surface area (Å²) in [6.45, 7) is 4.10. The Kier molecular flexibility index (Phi) is 5.60. The minimum atomic E-state index is -4.27. The summed E-state index contributed by atoms with van der Waals surface area (Å²) in [6, 6.07) is 5.99. The van der Waals surface area contributed by atoms with Crippen molar-refractivity contribution in [1.29, 1.82) is 0 Å². The number of alkyl halides is 3. The van der Waals surface area contributed by atoms with E-state index in [0.717, 1.165) is 24.7 Å². The van der Waals surface area contributed by atoms with Gasteiger partial charge in [0.1, 0.15) is 0 Å². The molecule has 5 heteroatoms. The van der Waals surface area contributed by atoms with Gasteiger partial charge < -0.3 is 5.32 Å². The molecule has 3 atom stereocenters. The summed E-state index contributed by atoms with van der Waals surface area (Å²) in [5, 5.41) is 4.18. The molecule has 0 radical (unpaired) electrons. The van der Waals surface area contributed by atoms with Crippen molar-refractivity contribution in [3.63, 3.8) is 0 Å². The Morgan fingerprint density at radius 2 is 2.10 bits per heavy atom. The summed E-state index contributed by atoms with van der Waals surface area (Å²) in [5.41, 5.74) is 0.135. The Hall–Kier alpha value is -0.680. The van der Waals surface area contributed by atoms with Crippen molar-refractivity contribution in [1.82, 2.24) is 5.32 Å². The van der Waals surface area contributed by atoms with Gasteiger partial charge in [-0.3, -0.25) is 0 Å². The van der Waals surface area contributed by atoms with Gasteiger partial charge in [-0.15, -0.1) is 0 Å². The molecule has 3 unspecified atom stereocenters. The second kappa shape index (κ2) is 7.05. The van der Waals surface area contributed by atoms with Crippen molar-refractivity contribution in [2.24, 2.45) is 0 Å². The van der Waals surface area contributed by atoms with Gasteiger partial charge in [0.2, 0.25) is 0 Å². The molecule has 1 saturated carbocycles. The highest BCUT2D eigenvalue weighted by Gasteiger charge is 2.31. The van der Waals surface area contributed by atoms with Crippen molar-refractivity contribution < 1.29 is 13.2 Å². The van der Waals surface area contributed by atoms with Crippen LogP contribution in [0, 0.1) is 0 Å². The second-order valence-electron chi connectivity index (χ2n) is 5.60. The van der Waals surface area contributed by atoms with Gasteiger partial charge in [0, 0.05) is 17.3 Å². The lowest BCUT2D eigenvalue weighted by Gasteiger charge is -2.21. The van der Waals surface area contributed by atoms with Crippen molar-refractivity contribution in [3.8, 4) is 0 Å². The van der Waals surface area contributed by atoms with E-state index >= 15 is 0 Å². The van der Waals surface area contributed by atoms with E-state index in [1.54, 1.807) is 6.07 Å². The summed E-state index contributed by atoms with van der Waals surface area (Å²) in [6.07, 6.45) is -0.847. The normalized spacial score (nSPS) is 24.2. The fourth-order valence-electron chi connectivity index (χ4n) is 2.91. The molecule has 0 amide bonds. The maximum absolute atomic E-state index is 12.7. The van der Waals surface area contributed by atoms with Crippen LogP contribution in [0.15, 0.2) is 24.3 Å². The van der Waals surface area contributed by atoms with Crippen LogP contribution in [-0.4, -0.2) is 17.0 Å². The van der Waals surface area contributed by atoms with Crippen molar-refractivity contribution in [3.05, 3.63) is 35.4 Å². The molecule has 0 aromatic heterocycles. The summed E-state index contributed by atoms with van der Waals surface area (Å²) >= 11 is 1.98. The predicted octanol–water partition coefficient (Wildman–Crippen LogP) is 5.03. The van der Waals surface area contributed by atoms with Crippen LogP contribution in [0.2, 0.25) is 0 Å². The third-order valence-corrected chi connectivity index (χ3v) is 5.22. The number of halogens is 3. The average Bonchev–Trinajstić information content (AvgIpc) is 2.86. The van der Waals surface area contributed by atoms with Gasteiger partial charge in [0.05, 0.1) is 5.56 Å². The molecule has 2 rings (SSSR count). The topological polar surface area (TPSA) is 12.0 Å². The van der Waals surface area contributed by atoms with Crippen LogP contribution in [0.1, 0.15) is 50.3 Å². The summed E-state index contributed by atoms with van der Waals surface area (Å²) in [5.74, 6) is 1.13. The Labute approximate surface area is 128 Å². The van der Waals surface area contributed by atoms with E-state index in [4.69, 9.17) is 0 Å². The summed E-state index contributed by atoms with van der Waals surface area (Å²) < 4.78 is 38.2. The summed E-state index contributed by atoms with van der Waals surface area (Å²) in [7, 11) is 0. The van der Waals surface area contributed by atoms with Crippen LogP contribution in [0.4, 0.5) is 13.2 Å². The zero-order valence-corrected chi connectivity index (χ0v) is 13.2. The van der Waals surface area contributed by atoms with Gasteiger partial charge in [-0.05, 0) is 49.6 Å². The first kappa shape index (κ1) is 16.7. The maximum atomic E-state index is 12.7. The van der Waals surface area contributed by atoms with Gasteiger partial charge in [-0.2, -0.15) is 24.9 Å². The minimum absolute atomic E-state index is 0.0531. The predicted molar refractivity (Wildman–Crippen MR) is 82.6 cm³/mol. The maximum Gasteiger partial charge on any atom is 0.416 e. The van der Waals surface area contributed by atoms with Gasteiger partial charge >= 0.3 is 6.18 Å². The molecule has 1 aliphatic rings. The number of nitrogens with one attached hydrogen (secondary N) is 1. The number of hydrogen-bond donors (Lipinski definition) is 1. The number of thioether (sulfide) groups is 1. The van der Waals surface area contributed by atoms with Crippen LogP contribution in [0.3, 0.4) is 0 Å². The lowest BCUT2D eigenvalue weighted by molar-refractivity contribution is -0.137. The molecule has 0 spiro atoms. The Bertz CT molecular complexity index is 461. The molecular formula is C16H22F3NS. The van der Waals surface area contributed by atoms with Crippen molar-refractivity contribution in [2.45, 2.75) is 56.6 Å². The first-order valence-electron chi connectivity index (χ1n) is 7.45. The lowest BCUT2D eigenvalue weighted by atomic mass is 10.0. The summed E-state index contributed by atoms with van der Waals surface area (Å²) in [4.78, 5) is 0. The highest BCUT2D eigenvalue weighted by Crippen LogP contribution is 2.33.